The average molecular weight is 491 g/mol. The summed E-state index contributed by atoms with van der Waals surface area (Å²) in [5, 5.41) is 12.0. The third kappa shape index (κ3) is 7.36. The first kappa shape index (κ1) is 29.8. The Balaban J connectivity index is 3.29. The molecule has 0 saturated heterocycles. The van der Waals surface area contributed by atoms with Gasteiger partial charge >= 0.3 is 5.97 Å². The Morgan fingerprint density at radius 2 is 1.59 bits per heavy atom. The highest BCUT2D eigenvalue weighted by atomic mass is 32.2. The lowest BCUT2D eigenvalue weighted by molar-refractivity contribution is -0.140. The van der Waals surface area contributed by atoms with Gasteiger partial charge in [-0.25, -0.2) is 4.79 Å². The number of hydrogen-bond donors (Lipinski definition) is 2. The first-order chi connectivity index (χ1) is 15.5. The Morgan fingerprint density at radius 1 is 1.06 bits per heavy atom. The van der Waals surface area contributed by atoms with Crippen LogP contribution in [-0.4, -0.2) is 58.4 Å². The second-order valence-corrected chi connectivity index (χ2v) is 11.8. The summed E-state index contributed by atoms with van der Waals surface area (Å²) >= 11 is 1.46. The molecule has 0 radical (unpaired) electrons. The lowest BCUT2D eigenvalue weighted by Crippen LogP contribution is -2.59. The molecule has 190 valence electrons. The van der Waals surface area contributed by atoms with Crippen molar-refractivity contribution in [2.75, 3.05) is 13.3 Å². The third-order valence-electron chi connectivity index (χ3n) is 6.28. The van der Waals surface area contributed by atoms with Gasteiger partial charge in [0.25, 0.3) is 0 Å². The SMILES string of the molecule is CSC(C(=O)N[C@H](C(=O)N(C)[C@H](/C=C(\C)C(=O)O)C(C)C)C(C)(C)C)C(C)(C)c1ccccc1. The molecule has 0 bridgehead atoms. The van der Waals surface area contributed by atoms with Crippen molar-refractivity contribution in [3.63, 3.8) is 0 Å². The third-order valence-corrected chi connectivity index (χ3v) is 7.56. The molecule has 0 aliphatic carbocycles. The highest BCUT2D eigenvalue weighted by Crippen LogP contribution is 2.34. The molecular weight excluding hydrogens is 448 g/mol. The van der Waals surface area contributed by atoms with Gasteiger partial charge in [-0.2, -0.15) is 11.8 Å². The number of amides is 2. The zero-order valence-corrected chi connectivity index (χ0v) is 23.1. The van der Waals surface area contributed by atoms with E-state index in [0.717, 1.165) is 5.56 Å². The molecule has 2 amide bonds. The lowest BCUT2D eigenvalue weighted by Gasteiger charge is -2.39. The van der Waals surface area contributed by atoms with Crippen LogP contribution < -0.4 is 5.32 Å². The van der Waals surface area contributed by atoms with Gasteiger partial charge < -0.3 is 15.3 Å². The van der Waals surface area contributed by atoms with Crippen LogP contribution >= 0.6 is 11.8 Å². The molecule has 34 heavy (non-hydrogen) atoms. The number of carboxylic acids is 1. The molecule has 1 aromatic carbocycles. The van der Waals surface area contributed by atoms with E-state index in [0.29, 0.717) is 0 Å². The molecule has 1 aromatic rings. The van der Waals surface area contributed by atoms with E-state index in [4.69, 9.17) is 0 Å². The quantitative estimate of drug-likeness (QED) is 0.463. The molecule has 0 heterocycles. The molecule has 0 spiro atoms. The summed E-state index contributed by atoms with van der Waals surface area (Å²) in [5.41, 5.74) is 0.230. The Hall–Kier alpha value is -2.28. The standard InChI is InChI=1S/C27H42N2O4S/c1-17(2)20(16-18(3)25(32)33)29(9)24(31)21(26(4,5)6)28-23(30)22(34-10)27(7,8)19-14-12-11-13-15-19/h11-17,20-22H,1-10H3,(H,28,30)(H,32,33)/b18-16+/t20-,21-,22?/m1/s1. The van der Waals surface area contributed by atoms with Gasteiger partial charge in [-0.05, 0) is 30.1 Å². The van der Waals surface area contributed by atoms with Crippen LogP contribution in [0.1, 0.15) is 61.0 Å². The minimum absolute atomic E-state index is 0.00414. The summed E-state index contributed by atoms with van der Waals surface area (Å²) in [6, 6.07) is 8.71. The Bertz CT molecular complexity index is 888. The predicted molar refractivity (Wildman–Crippen MR) is 141 cm³/mol. The zero-order chi connectivity index (χ0) is 26.4. The van der Waals surface area contributed by atoms with E-state index in [1.54, 1.807) is 18.0 Å². The van der Waals surface area contributed by atoms with Crippen molar-refractivity contribution in [3.8, 4) is 0 Å². The van der Waals surface area contributed by atoms with Crippen LogP contribution in [0.25, 0.3) is 0 Å². The van der Waals surface area contributed by atoms with Gasteiger partial charge in [-0.15, -0.1) is 0 Å². The summed E-state index contributed by atoms with van der Waals surface area (Å²) in [6.07, 6.45) is 3.51. The second kappa shape index (κ2) is 11.9. The van der Waals surface area contributed by atoms with Gasteiger partial charge in [-0.1, -0.05) is 84.9 Å². The minimum Gasteiger partial charge on any atom is -0.478 e. The van der Waals surface area contributed by atoms with Crippen molar-refractivity contribution >= 4 is 29.5 Å². The highest BCUT2D eigenvalue weighted by Gasteiger charge is 2.41. The molecule has 0 aliphatic heterocycles. The average Bonchev–Trinajstić information content (AvgIpc) is 2.74. The van der Waals surface area contributed by atoms with Crippen molar-refractivity contribution in [3.05, 3.63) is 47.5 Å². The fourth-order valence-corrected chi connectivity index (χ4v) is 5.05. The second-order valence-electron chi connectivity index (χ2n) is 10.8. The van der Waals surface area contributed by atoms with Crippen LogP contribution in [0.15, 0.2) is 42.0 Å². The predicted octanol–water partition coefficient (Wildman–Crippen LogP) is 4.74. The molecule has 1 rings (SSSR count). The van der Waals surface area contributed by atoms with Crippen LogP contribution in [0.5, 0.6) is 0 Å². The highest BCUT2D eigenvalue weighted by molar-refractivity contribution is 8.00. The first-order valence-electron chi connectivity index (χ1n) is 11.6. The summed E-state index contributed by atoms with van der Waals surface area (Å²) in [6.45, 7) is 15.2. The maximum absolute atomic E-state index is 13.7. The normalized spacial score (nSPS) is 15.4. The molecule has 3 atom stereocenters. The summed E-state index contributed by atoms with van der Waals surface area (Å²) < 4.78 is 0. The van der Waals surface area contributed by atoms with E-state index >= 15 is 0 Å². The molecule has 0 saturated carbocycles. The van der Waals surface area contributed by atoms with E-state index < -0.39 is 34.1 Å². The smallest absolute Gasteiger partial charge is 0.331 e. The molecule has 1 unspecified atom stereocenters. The number of nitrogens with zero attached hydrogens (tertiary/aromatic N) is 1. The molecule has 0 fully saturated rings. The number of carboxylic acid groups (broad SMARTS) is 1. The van der Waals surface area contributed by atoms with Gasteiger partial charge in [0.15, 0.2) is 0 Å². The minimum atomic E-state index is -1.02. The summed E-state index contributed by atoms with van der Waals surface area (Å²) in [7, 11) is 1.67. The van der Waals surface area contributed by atoms with E-state index in [9.17, 15) is 19.5 Å². The molecule has 7 heteroatoms. The Morgan fingerprint density at radius 3 is 2.00 bits per heavy atom. The number of hydrogen-bond acceptors (Lipinski definition) is 4. The lowest BCUT2D eigenvalue weighted by atomic mass is 9.80. The Labute approximate surface area is 209 Å². The molecular formula is C27H42N2O4S. The monoisotopic (exact) mass is 490 g/mol. The van der Waals surface area contributed by atoms with Crippen molar-refractivity contribution < 1.29 is 19.5 Å². The number of likely N-dealkylation sites (N-methyl/N-ethyl adjacent to an activating group) is 1. The van der Waals surface area contributed by atoms with Crippen molar-refractivity contribution in [2.24, 2.45) is 11.3 Å². The van der Waals surface area contributed by atoms with E-state index in [1.165, 1.54) is 18.7 Å². The first-order valence-corrected chi connectivity index (χ1v) is 12.9. The van der Waals surface area contributed by atoms with Crippen molar-refractivity contribution in [2.45, 2.75) is 78.1 Å². The van der Waals surface area contributed by atoms with Crippen molar-refractivity contribution in [1.82, 2.24) is 10.2 Å². The van der Waals surface area contributed by atoms with Gasteiger partial charge in [0.2, 0.25) is 11.8 Å². The largest absolute Gasteiger partial charge is 0.478 e. The van der Waals surface area contributed by atoms with Gasteiger partial charge in [0.05, 0.1) is 11.3 Å². The summed E-state index contributed by atoms with van der Waals surface area (Å²) in [5.74, 6) is -1.46. The topological polar surface area (TPSA) is 86.7 Å². The van der Waals surface area contributed by atoms with Gasteiger partial charge in [0, 0.05) is 18.0 Å². The molecule has 0 aliphatic rings. The van der Waals surface area contributed by atoms with Crippen LogP contribution in [-0.2, 0) is 19.8 Å². The molecule has 6 nitrogen and oxygen atoms in total. The van der Waals surface area contributed by atoms with Gasteiger partial charge in [-0.3, -0.25) is 9.59 Å². The number of carbonyl (C=O) groups excluding carboxylic acids is 2. The van der Waals surface area contributed by atoms with E-state index in [-0.39, 0.29) is 23.3 Å². The molecule has 2 N–H and O–H groups in total. The maximum Gasteiger partial charge on any atom is 0.331 e. The number of aliphatic carboxylic acids is 1. The summed E-state index contributed by atoms with van der Waals surface area (Å²) in [4.78, 5) is 40.2. The number of benzene rings is 1. The maximum atomic E-state index is 13.7. The number of carbonyl (C=O) groups is 3. The number of nitrogens with one attached hydrogen (secondary N) is 1. The Kier molecular flexibility index (Phi) is 10.4. The van der Waals surface area contributed by atoms with Crippen LogP contribution in [0.3, 0.4) is 0 Å². The van der Waals surface area contributed by atoms with E-state index in [2.05, 4.69) is 5.32 Å². The van der Waals surface area contributed by atoms with Crippen LogP contribution in [0.4, 0.5) is 0 Å². The zero-order valence-electron chi connectivity index (χ0n) is 22.3. The fraction of sp³-hybridized carbons (Fsp3) is 0.593. The van der Waals surface area contributed by atoms with Crippen LogP contribution in [0.2, 0.25) is 0 Å². The van der Waals surface area contributed by atoms with Crippen LogP contribution in [0, 0.1) is 11.3 Å². The number of rotatable bonds is 10. The van der Waals surface area contributed by atoms with Gasteiger partial charge in [0.1, 0.15) is 6.04 Å². The fourth-order valence-electron chi connectivity index (χ4n) is 4.04. The molecule has 0 aromatic heterocycles. The van der Waals surface area contributed by atoms with E-state index in [1.807, 2.05) is 85.1 Å². The van der Waals surface area contributed by atoms with Crippen molar-refractivity contribution in [1.29, 1.82) is 0 Å². The number of thioether (sulfide) groups is 1.